The highest BCUT2D eigenvalue weighted by Crippen LogP contribution is 2.18. The molecule has 2 N–H and O–H groups in total. The Labute approximate surface area is 133 Å². The molecule has 1 saturated heterocycles. The largest absolute Gasteiger partial charge is 0.317 e. The van der Waals surface area contributed by atoms with Gasteiger partial charge in [0.25, 0.3) is 0 Å². The maximum Gasteiger partial charge on any atom is 0.225 e. The third kappa shape index (κ3) is 6.06. The molecule has 1 aliphatic heterocycles. The average molecular weight is 315 g/mol. The minimum Gasteiger partial charge on any atom is -0.317 e. The summed E-state index contributed by atoms with van der Waals surface area (Å²) in [5.41, 5.74) is 0. The Balaban J connectivity index is 0.00000220. The monoisotopic (exact) mass is 314 g/mol. The number of nitrogens with one attached hydrogen (secondary N) is 2. The minimum atomic E-state index is 0. The molecular formula is C15H27ClN4O. The molecule has 1 aromatic heterocycles. The van der Waals surface area contributed by atoms with Crippen LogP contribution in [-0.4, -0.2) is 28.8 Å². The van der Waals surface area contributed by atoms with Gasteiger partial charge in [0.1, 0.15) is 5.82 Å². The predicted molar refractivity (Wildman–Crippen MR) is 87.8 cm³/mol. The summed E-state index contributed by atoms with van der Waals surface area (Å²) in [4.78, 5) is 12.0. The number of nitrogens with zero attached hydrogens (tertiary/aromatic N) is 2. The van der Waals surface area contributed by atoms with Gasteiger partial charge in [-0.25, -0.2) is 4.68 Å². The topological polar surface area (TPSA) is 59.0 Å². The molecule has 21 heavy (non-hydrogen) atoms. The van der Waals surface area contributed by atoms with Gasteiger partial charge in [0.2, 0.25) is 5.91 Å². The zero-order chi connectivity index (χ0) is 14.2. The van der Waals surface area contributed by atoms with E-state index in [0.29, 0.717) is 12.3 Å². The summed E-state index contributed by atoms with van der Waals surface area (Å²) in [6.45, 7) is 5.21. The normalized spacial score (nSPS) is 15.5. The molecule has 0 unspecified atom stereocenters. The number of amides is 1. The second-order valence-corrected chi connectivity index (χ2v) is 5.57. The maximum atomic E-state index is 12.0. The Morgan fingerprint density at radius 3 is 2.95 bits per heavy atom. The van der Waals surface area contributed by atoms with E-state index in [-0.39, 0.29) is 18.3 Å². The van der Waals surface area contributed by atoms with Crippen molar-refractivity contribution >= 4 is 24.1 Å². The highest BCUT2D eigenvalue weighted by atomic mass is 35.5. The van der Waals surface area contributed by atoms with Crippen LogP contribution in [0.5, 0.6) is 0 Å². The van der Waals surface area contributed by atoms with Crippen molar-refractivity contribution in [2.75, 3.05) is 18.4 Å². The average Bonchev–Trinajstić information content (AvgIpc) is 2.91. The highest BCUT2D eigenvalue weighted by molar-refractivity contribution is 5.89. The summed E-state index contributed by atoms with van der Waals surface area (Å²) >= 11 is 0. The summed E-state index contributed by atoms with van der Waals surface area (Å²) in [5, 5.41) is 10.6. The summed E-state index contributed by atoms with van der Waals surface area (Å²) in [7, 11) is 0. The third-order valence-electron chi connectivity index (χ3n) is 3.95. The Morgan fingerprint density at radius 1 is 1.48 bits per heavy atom. The van der Waals surface area contributed by atoms with E-state index >= 15 is 0 Å². The van der Waals surface area contributed by atoms with Crippen LogP contribution in [0.1, 0.15) is 45.4 Å². The molecule has 1 amide bonds. The van der Waals surface area contributed by atoms with Gasteiger partial charge in [0.15, 0.2) is 0 Å². The van der Waals surface area contributed by atoms with Gasteiger partial charge in [-0.15, -0.1) is 12.4 Å². The predicted octanol–water partition coefficient (Wildman–Crippen LogP) is 2.82. The molecule has 1 aliphatic rings. The van der Waals surface area contributed by atoms with E-state index in [9.17, 15) is 4.79 Å². The summed E-state index contributed by atoms with van der Waals surface area (Å²) in [6, 6.07) is 1.87. The minimum absolute atomic E-state index is 0. The number of anilines is 1. The van der Waals surface area contributed by atoms with Gasteiger partial charge >= 0.3 is 0 Å². The molecular weight excluding hydrogens is 288 g/mol. The lowest BCUT2D eigenvalue weighted by Crippen LogP contribution is -2.28. The van der Waals surface area contributed by atoms with Crippen LogP contribution in [0.4, 0.5) is 5.82 Å². The number of carbonyl (C=O) groups is 1. The number of rotatable bonds is 7. The molecule has 0 saturated carbocycles. The second kappa shape index (κ2) is 9.79. The first kappa shape index (κ1) is 18.0. The lowest BCUT2D eigenvalue weighted by atomic mass is 9.93. The maximum absolute atomic E-state index is 12.0. The van der Waals surface area contributed by atoms with Crippen LogP contribution in [0, 0.1) is 5.92 Å². The van der Waals surface area contributed by atoms with Crippen molar-refractivity contribution in [1.82, 2.24) is 15.1 Å². The molecule has 0 aromatic carbocycles. The van der Waals surface area contributed by atoms with E-state index in [1.807, 2.05) is 10.7 Å². The van der Waals surface area contributed by atoms with Crippen molar-refractivity contribution in [2.24, 2.45) is 5.92 Å². The van der Waals surface area contributed by atoms with Crippen LogP contribution in [0.15, 0.2) is 12.3 Å². The first-order valence-corrected chi connectivity index (χ1v) is 7.82. The standard InChI is InChI=1S/C15H26N4O.ClH/c1-2-3-12-19-14(8-11-17-19)18-15(20)5-4-13-6-9-16-10-7-13;/h8,11,13,16H,2-7,9-10,12H2,1H3,(H,18,20);1H. The molecule has 0 atom stereocenters. The number of halogens is 1. The number of aryl methyl sites for hydroxylation is 1. The van der Waals surface area contributed by atoms with Crippen LogP contribution in [0.25, 0.3) is 0 Å². The van der Waals surface area contributed by atoms with E-state index in [4.69, 9.17) is 0 Å². The fourth-order valence-corrected chi connectivity index (χ4v) is 2.64. The van der Waals surface area contributed by atoms with Crippen molar-refractivity contribution in [1.29, 1.82) is 0 Å². The first-order valence-electron chi connectivity index (χ1n) is 7.82. The number of unbranched alkanes of at least 4 members (excludes halogenated alkanes) is 1. The van der Waals surface area contributed by atoms with E-state index in [2.05, 4.69) is 22.7 Å². The van der Waals surface area contributed by atoms with Gasteiger partial charge < -0.3 is 10.6 Å². The van der Waals surface area contributed by atoms with Crippen molar-refractivity contribution in [3.05, 3.63) is 12.3 Å². The molecule has 2 heterocycles. The number of hydrogen-bond acceptors (Lipinski definition) is 3. The Kier molecular flexibility index (Phi) is 8.38. The molecule has 1 aromatic rings. The fraction of sp³-hybridized carbons (Fsp3) is 0.733. The molecule has 0 bridgehead atoms. The number of hydrogen-bond donors (Lipinski definition) is 2. The van der Waals surface area contributed by atoms with Gasteiger partial charge in [-0.3, -0.25) is 4.79 Å². The number of carbonyl (C=O) groups excluding carboxylic acids is 1. The number of piperidine rings is 1. The quantitative estimate of drug-likeness (QED) is 0.813. The van der Waals surface area contributed by atoms with Crippen LogP contribution < -0.4 is 10.6 Å². The zero-order valence-corrected chi connectivity index (χ0v) is 13.6. The third-order valence-corrected chi connectivity index (χ3v) is 3.95. The van der Waals surface area contributed by atoms with Crippen molar-refractivity contribution in [2.45, 2.75) is 52.0 Å². The second-order valence-electron chi connectivity index (χ2n) is 5.57. The summed E-state index contributed by atoms with van der Waals surface area (Å²) in [5.74, 6) is 1.64. The van der Waals surface area contributed by atoms with E-state index < -0.39 is 0 Å². The van der Waals surface area contributed by atoms with E-state index in [1.54, 1.807) is 6.20 Å². The molecule has 0 aliphatic carbocycles. The fourth-order valence-electron chi connectivity index (χ4n) is 2.64. The van der Waals surface area contributed by atoms with Crippen molar-refractivity contribution in [3.8, 4) is 0 Å². The van der Waals surface area contributed by atoms with Gasteiger partial charge in [0, 0.05) is 19.0 Å². The summed E-state index contributed by atoms with van der Waals surface area (Å²) in [6.07, 6.45) is 7.96. The molecule has 0 spiro atoms. The molecule has 6 heteroatoms. The Bertz CT molecular complexity index is 416. The molecule has 2 rings (SSSR count). The Morgan fingerprint density at radius 2 is 2.24 bits per heavy atom. The van der Waals surface area contributed by atoms with Crippen LogP contribution in [-0.2, 0) is 11.3 Å². The smallest absolute Gasteiger partial charge is 0.225 e. The van der Waals surface area contributed by atoms with Crippen molar-refractivity contribution < 1.29 is 4.79 Å². The van der Waals surface area contributed by atoms with Gasteiger partial charge in [0.05, 0.1) is 6.20 Å². The van der Waals surface area contributed by atoms with Crippen LogP contribution in [0.3, 0.4) is 0 Å². The molecule has 120 valence electrons. The van der Waals surface area contributed by atoms with Gasteiger partial charge in [-0.05, 0) is 44.7 Å². The molecule has 0 radical (unpaired) electrons. The summed E-state index contributed by atoms with van der Waals surface area (Å²) < 4.78 is 1.88. The van der Waals surface area contributed by atoms with E-state index in [0.717, 1.165) is 44.7 Å². The van der Waals surface area contributed by atoms with Crippen molar-refractivity contribution in [3.63, 3.8) is 0 Å². The highest BCUT2D eigenvalue weighted by Gasteiger charge is 2.15. The SMILES string of the molecule is CCCCn1nccc1NC(=O)CCC1CCNCC1.Cl. The Hall–Kier alpha value is -1.07. The van der Waals surface area contributed by atoms with Crippen LogP contribution in [0.2, 0.25) is 0 Å². The van der Waals surface area contributed by atoms with Gasteiger partial charge in [-0.2, -0.15) is 5.10 Å². The first-order chi connectivity index (χ1) is 9.79. The lowest BCUT2D eigenvalue weighted by molar-refractivity contribution is -0.116. The lowest BCUT2D eigenvalue weighted by Gasteiger charge is -2.22. The molecule has 1 fully saturated rings. The van der Waals surface area contributed by atoms with Crippen LogP contribution >= 0.6 is 12.4 Å². The van der Waals surface area contributed by atoms with Gasteiger partial charge in [-0.1, -0.05) is 13.3 Å². The zero-order valence-electron chi connectivity index (χ0n) is 12.8. The van der Waals surface area contributed by atoms with E-state index in [1.165, 1.54) is 12.8 Å². The number of aromatic nitrogens is 2. The molecule has 5 nitrogen and oxygen atoms in total.